The first kappa shape index (κ1) is 25.6. The Kier molecular flexibility index (Phi) is 9.15. The van der Waals surface area contributed by atoms with E-state index in [0.717, 1.165) is 36.4 Å². The highest BCUT2D eigenvalue weighted by Gasteiger charge is 2.27. The number of aromatic nitrogens is 1. The smallest absolute Gasteiger partial charge is 0.411 e. The Morgan fingerprint density at radius 3 is 2.46 bits per heavy atom. The molecule has 1 saturated heterocycles. The molecule has 0 radical (unpaired) electrons. The Bertz CT molecular complexity index is 1040. The molecule has 35 heavy (non-hydrogen) atoms. The third-order valence-corrected chi connectivity index (χ3v) is 6.94. The minimum Gasteiger partial charge on any atom is -0.433 e. The quantitative estimate of drug-likeness (QED) is 0.501. The van der Waals surface area contributed by atoms with Gasteiger partial charge in [0.25, 0.3) is 0 Å². The lowest BCUT2D eigenvalue weighted by Crippen LogP contribution is -2.40. The summed E-state index contributed by atoms with van der Waals surface area (Å²) in [6.07, 6.45) is 5.05. The summed E-state index contributed by atoms with van der Waals surface area (Å²) in [5.41, 5.74) is 7.34. The number of fused-ring (bicyclic) bond motifs is 2. The fraction of sp³-hybridized carbons (Fsp3) is 0.481. The van der Waals surface area contributed by atoms with Crippen LogP contribution in [0.5, 0.6) is 0 Å². The van der Waals surface area contributed by atoms with Crippen molar-refractivity contribution in [3.05, 3.63) is 69.5 Å². The van der Waals surface area contributed by atoms with Crippen LogP contribution in [0.4, 0.5) is 4.79 Å². The molecule has 1 aliphatic carbocycles. The molecule has 8 heteroatoms. The van der Waals surface area contributed by atoms with Crippen LogP contribution < -0.4 is 0 Å². The lowest BCUT2D eigenvalue weighted by Gasteiger charge is -2.30. The maximum absolute atomic E-state index is 12.8. The minimum absolute atomic E-state index is 0.224. The number of carbonyl (C=O) groups is 1. The van der Waals surface area contributed by atoms with Crippen molar-refractivity contribution in [2.24, 2.45) is 0 Å². The minimum atomic E-state index is -0.277. The number of likely N-dealkylation sites (tertiary alicyclic amines) is 1. The molecule has 4 rings (SSSR count). The number of nitrogens with zero attached hydrogens (tertiary/aromatic N) is 3. The number of methoxy groups -OCH3 is 2. The largest absolute Gasteiger partial charge is 0.433 e. The summed E-state index contributed by atoms with van der Waals surface area (Å²) in [4.78, 5) is 21.4. The Hall–Kier alpha value is -2.45. The molecular formula is C27H34ClN3O4. The number of ether oxygens (including phenoxy) is 3. The third-order valence-electron chi connectivity index (χ3n) is 6.70. The Morgan fingerprint density at radius 1 is 1.03 bits per heavy atom. The van der Waals surface area contributed by atoms with Gasteiger partial charge in [-0.1, -0.05) is 29.3 Å². The standard InChI is InChI=1S/C27H34ClN3O4/c1-33-16-14-30(15-17-34-2)19-35-27(32)31-12-9-20(10-13-31)25-24-8-7-23(28)18-22(24)6-5-21-4-3-11-29-26(21)25/h3-4,7-8,11,18H,5-6,9-10,12-17,19H2,1-2H3. The van der Waals surface area contributed by atoms with Gasteiger partial charge in [0.1, 0.15) is 6.73 Å². The number of piperidine rings is 1. The van der Waals surface area contributed by atoms with E-state index < -0.39 is 0 Å². The summed E-state index contributed by atoms with van der Waals surface area (Å²) in [5.74, 6) is 0. The zero-order chi connectivity index (χ0) is 24.6. The highest BCUT2D eigenvalue weighted by molar-refractivity contribution is 6.30. The van der Waals surface area contributed by atoms with Crippen molar-refractivity contribution in [1.29, 1.82) is 0 Å². The molecule has 2 heterocycles. The lowest BCUT2D eigenvalue weighted by atomic mass is 9.88. The molecule has 0 N–H and O–H groups in total. The van der Waals surface area contributed by atoms with Gasteiger partial charge < -0.3 is 19.1 Å². The molecule has 0 saturated carbocycles. The van der Waals surface area contributed by atoms with E-state index in [1.165, 1.54) is 27.8 Å². The van der Waals surface area contributed by atoms with Crippen molar-refractivity contribution in [3.63, 3.8) is 0 Å². The average molecular weight is 500 g/mol. The van der Waals surface area contributed by atoms with Gasteiger partial charge in [-0.15, -0.1) is 0 Å². The normalized spacial score (nSPS) is 15.6. The second-order valence-electron chi connectivity index (χ2n) is 8.92. The topological polar surface area (TPSA) is 64.1 Å². The molecule has 1 fully saturated rings. The third kappa shape index (κ3) is 6.41. The van der Waals surface area contributed by atoms with E-state index in [4.69, 9.17) is 30.8 Å². The number of carbonyl (C=O) groups excluding carboxylic acids is 1. The number of hydrogen-bond acceptors (Lipinski definition) is 6. The lowest BCUT2D eigenvalue weighted by molar-refractivity contribution is 0.0203. The molecule has 0 unspecified atom stereocenters. The number of benzene rings is 1. The zero-order valence-electron chi connectivity index (χ0n) is 20.6. The molecular weight excluding hydrogens is 466 g/mol. The molecule has 2 aliphatic rings. The fourth-order valence-electron chi connectivity index (χ4n) is 4.76. The first-order valence-electron chi connectivity index (χ1n) is 12.2. The number of amides is 1. The molecule has 2 aromatic rings. The van der Waals surface area contributed by atoms with Crippen LogP contribution in [0, 0.1) is 0 Å². The molecule has 0 atom stereocenters. The van der Waals surface area contributed by atoms with E-state index in [2.05, 4.69) is 18.2 Å². The molecule has 1 aromatic carbocycles. The van der Waals surface area contributed by atoms with E-state index in [-0.39, 0.29) is 12.8 Å². The van der Waals surface area contributed by atoms with Gasteiger partial charge in [0, 0.05) is 57.2 Å². The van der Waals surface area contributed by atoms with Crippen LogP contribution in [0.25, 0.3) is 5.57 Å². The van der Waals surface area contributed by atoms with Gasteiger partial charge in [0.05, 0.1) is 18.9 Å². The molecule has 1 aliphatic heterocycles. The summed E-state index contributed by atoms with van der Waals surface area (Å²) in [6.45, 7) is 3.98. The molecule has 7 nitrogen and oxygen atoms in total. The monoisotopic (exact) mass is 499 g/mol. The Morgan fingerprint density at radius 2 is 1.74 bits per heavy atom. The Labute approximate surface area is 212 Å². The van der Waals surface area contributed by atoms with Crippen LogP contribution in [0.2, 0.25) is 5.02 Å². The maximum atomic E-state index is 12.8. The van der Waals surface area contributed by atoms with Gasteiger partial charge in [0.15, 0.2) is 0 Å². The highest BCUT2D eigenvalue weighted by atomic mass is 35.5. The number of pyridine rings is 1. The van der Waals surface area contributed by atoms with Crippen molar-refractivity contribution in [3.8, 4) is 0 Å². The summed E-state index contributed by atoms with van der Waals surface area (Å²) in [6, 6.07) is 10.3. The highest BCUT2D eigenvalue weighted by Crippen LogP contribution is 2.38. The van der Waals surface area contributed by atoms with Crippen LogP contribution in [-0.4, -0.2) is 81.2 Å². The first-order chi connectivity index (χ1) is 17.1. The van der Waals surface area contributed by atoms with Gasteiger partial charge >= 0.3 is 6.09 Å². The summed E-state index contributed by atoms with van der Waals surface area (Å²) in [7, 11) is 3.32. The van der Waals surface area contributed by atoms with Gasteiger partial charge in [-0.25, -0.2) is 4.79 Å². The van der Waals surface area contributed by atoms with Gasteiger partial charge in [0.2, 0.25) is 0 Å². The van der Waals surface area contributed by atoms with Gasteiger partial charge in [-0.2, -0.15) is 0 Å². The molecule has 1 aromatic heterocycles. The van der Waals surface area contributed by atoms with Crippen LogP contribution >= 0.6 is 11.6 Å². The number of aryl methyl sites for hydroxylation is 2. The SMILES string of the molecule is COCCN(CCOC)COC(=O)N1CCC(=C2c3ccc(Cl)cc3CCc3cccnc32)CC1. The number of rotatable bonds is 8. The van der Waals surface area contributed by atoms with E-state index in [9.17, 15) is 4.79 Å². The van der Waals surface area contributed by atoms with E-state index in [1.54, 1.807) is 19.1 Å². The van der Waals surface area contributed by atoms with E-state index >= 15 is 0 Å². The number of halogens is 1. The second-order valence-corrected chi connectivity index (χ2v) is 9.36. The zero-order valence-corrected chi connectivity index (χ0v) is 21.4. The van der Waals surface area contributed by atoms with Crippen molar-refractivity contribution in [1.82, 2.24) is 14.8 Å². The summed E-state index contributed by atoms with van der Waals surface area (Å²) >= 11 is 6.33. The predicted molar refractivity (Wildman–Crippen MR) is 137 cm³/mol. The van der Waals surface area contributed by atoms with Gasteiger partial charge in [-0.05, 0) is 60.6 Å². The van der Waals surface area contributed by atoms with Crippen LogP contribution in [-0.2, 0) is 27.1 Å². The predicted octanol–water partition coefficient (Wildman–Crippen LogP) is 4.42. The first-order valence-corrected chi connectivity index (χ1v) is 12.6. The Balaban J connectivity index is 1.47. The summed E-state index contributed by atoms with van der Waals surface area (Å²) in [5, 5.41) is 0.759. The van der Waals surface area contributed by atoms with Crippen LogP contribution in [0.3, 0.4) is 0 Å². The molecule has 0 spiro atoms. The van der Waals surface area contributed by atoms with Crippen molar-refractivity contribution >= 4 is 23.3 Å². The fourth-order valence-corrected chi connectivity index (χ4v) is 4.96. The van der Waals surface area contributed by atoms with Crippen molar-refractivity contribution in [2.45, 2.75) is 25.7 Å². The van der Waals surface area contributed by atoms with Crippen molar-refractivity contribution < 1.29 is 19.0 Å². The van der Waals surface area contributed by atoms with Crippen LogP contribution in [0.15, 0.2) is 42.1 Å². The van der Waals surface area contributed by atoms with E-state index in [1.807, 2.05) is 23.2 Å². The summed E-state index contributed by atoms with van der Waals surface area (Å²) < 4.78 is 15.9. The molecule has 188 valence electrons. The second kappa shape index (κ2) is 12.5. The number of hydrogen-bond donors (Lipinski definition) is 0. The average Bonchev–Trinajstić information content (AvgIpc) is 3.04. The molecule has 1 amide bonds. The van der Waals surface area contributed by atoms with E-state index in [0.29, 0.717) is 39.4 Å². The van der Waals surface area contributed by atoms with Crippen LogP contribution in [0.1, 0.15) is 35.2 Å². The van der Waals surface area contributed by atoms with Gasteiger partial charge in [-0.3, -0.25) is 9.88 Å². The van der Waals surface area contributed by atoms with Crippen molar-refractivity contribution in [2.75, 3.05) is 60.3 Å². The maximum Gasteiger partial charge on any atom is 0.411 e. The molecule has 0 bridgehead atoms.